The second-order valence-electron chi connectivity index (χ2n) is 11.9. The highest BCUT2D eigenvalue weighted by atomic mass is 16.3. The quantitative estimate of drug-likeness (QED) is 0.209. The summed E-state index contributed by atoms with van der Waals surface area (Å²) in [7, 11) is 0. The van der Waals surface area contributed by atoms with Crippen LogP contribution < -0.4 is 10.4 Å². The number of rotatable bonds is 2. The lowest BCUT2D eigenvalue weighted by atomic mass is 9.84. The van der Waals surface area contributed by atoms with E-state index in [1.165, 1.54) is 54.2 Å². The van der Waals surface area contributed by atoms with Gasteiger partial charge in [0, 0.05) is 21.5 Å². The van der Waals surface area contributed by atoms with Gasteiger partial charge in [-0.05, 0) is 91.3 Å². The number of benzene rings is 7. The standard InChI is InChI=1S/C42H26O2/c1-2-13-26-25(11-1)12-9-19-28(26)40-29-15-3-5-17-31(29)41(32-18-6-4-16-30(32)40)33-20-10-22-37-42(33)35-24-38-34(23-39(35)44-37)27-14-7-8-21-36(27)43-38/h1-3,5,7-24H,4,6H2. The first-order valence-corrected chi connectivity index (χ1v) is 15.3. The van der Waals surface area contributed by atoms with Crippen LogP contribution in [0, 0.1) is 0 Å². The van der Waals surface area contributed by atoms with Crippen LogP contribution in [0.15, 0.2) is 130 Å². The van der Waals surface area contributed by atoms with Crippen LogP contribution in [0.2, 0.25) is 0 Å². The monoisotopic (exact) mass is 562 g/mol. The van der Waals surface area contributed by atoms with E-state index in [1.807, 2.05) is 12.1 Å². The van der Waals surface area contributed by atoms with E-state index in [-0.39, 0.29) is 0 Å². The van der Waals surface area contributed by atoms with Crippen molar-refractivity contribution < 1.29 is 8.83 Å². The molecule has 0 saturated heterocycles. The van der Waals surface area contributed by atoms with Gasteiger partial charge in [0.15, 0.2) is 0 Å². The first kappa shape index (κ1) is 23.9. The van der Waals surface area contributed by atoms with E-state index < -0.39 is 0 Å². The van der Waals surface area contributed by atoms with Crippen LogP contribution in [0.5, 0.6) is 0 Å². The van der Waals surface area contributed by atoms with Crippen molar-refractivity contribution in [2.75, 3.05) is 0 Å². The minimum absolute atomic E-state index is 0.882. The van der Waals surface area contributed by atoms with Crippen LogP contribution in [0.4, 0.5) is 0 Å². The molecule has 7 aromatic carbocycles. The molecule has 44 heavy (non-hydrogen) atoms. The third kappa shape index (κ3) is 3.25. The largest absolute Gasteiger partial charge is 0.456 e. The van der Waals surface area contributed by atoms with Gasteiger partial charge in [0.05, 0.1) is 0 Å². The first-order chi connectivity index (χ1) is 21.8. The lowest BCUT2D eigenvalue weighted by Crippen LogP contribution is -2.31. The summed E-state index contributed by atoms with van der Waals surface area (Å²) in [4.78, 5) is 0. The highest BCUT2D eigenvalue weighted by molar-refractivity contribution is 6.20. The van der Waals surface area contributed by atoms with E-state index in [2.05, 4.69) is 121 Å². The maximum atomic E-state index is 6.58. The van der Waals surface area contributed by atoms with E-state index in [0.717, 1.165) is 56.7 Å². The highest BCUT2D eigenvalue weighted by Gasteiger charge is 2.21. The molecular formula is C42H26O2. The van der Waals surface area contributed by atoms with Crippen molar-refractivity contribution in [2.24, 2.45) is 0 Å². The molecule has 0 N–H and O–H groups in total. The van der Waals surface area contributed by atoms with E-state index in [4.69, 9.17) is 8.83 Å². The van der Waals surface area contributed by atoms with Gasteiger partial charge in [0.1, 0.15) is 22.3 Å². The Hall–Kier alpha value is -5.60. The Morgan fingerprint density at radius 1 is 0.386 bits per heavy atom. The van der Waals surface area contributed by atoms with Gasteiger partial charge in [-0.1, -0.05) is 109 Å². The lowest BCUT2D eigenvalue weighted by molar-refractivity contribution is 0.664. The minimum Gasteiger partial charge on any atom is -0.456 e. The number of hydrogen-bond acceptors (Lipinski definition) is 2. The average molecular weight is 563 g/mol. The predicted molar refractivity (Wildman–Crippen MR) is 184 cm³/mol. The molecule has 0 saturated carbocycles. The summed E-state index contributed by atoms with van der Waals surface area (Å²) >= 11 is 0. The van der Waals surface area contributed by atoms with Crippen LogP contribution in [-0.2, 0) is 0 Å². The molecule has 0 spiro atoms. The Balaban J connectivity index is 1.35. The minimum atomic E-state index is 0.882. The van der Waals surface area contributed by atoms with Crippen LogP contribution in [-0.4, -0.2) is 0 Å². The second-order valence-corrected chi connectivity index (χ2v) is 11.9. The second kappa shape index (κ2) is 8.95. The number of hydrogen-bond donors (Lipinski definition) is 0. The zero-order valence-electron chi connectivity index (χ0n) is 23.9. The third-order valence-electron chi connectivity index (χ3n) is 9.48. The third-order valence-corrected chi connectivity index (χ3v) is 9.48. The summed E-state index contributed by atoms with van der Waals surface area (Å²) in [5.41, 5.74) is 8.63. The maximum absolute atomic E-state index is 6.58. The van der Waals surface area contributed by atoms with Crippen molar-refractivity contribution in [3.05, 3.63) is 132 Å². The van der Waals surface area contributed by atoms with E-state index in [9.17, 15) is 0 Å². The fourth-order valence-electron chi connectivity index (χ4n) is 7.63. The van der Waals surface area contributed by atoms with Crippen LogP contribution in [0.25, 0.3) is 99.8 Å². The van der Waals surface area contributed by atoms with Crippen molar-refractivity contribution in [2.45, 2.75) is 12.8 Å². The number of furan rings is 2. The van der Waals surface area contributed by atoms with E-state index in [1.54, 1.807) is 0 Å². The molecule has 206 valence electrons. The van der Waals surface area contributed by atoms with Gasteiger partial charge in [0.2, 0.25) is 0 Å². The predicted octanol–water partition coefficient (Wildman–Crippen LogP) is 10.5. The molecule has 1 aliphatic carbocycles. The molecule has 2 aromatic heterocycles. The van der Waals surface area contributed by atoms with Gasteiger partial charge in [-0.25, -0.2) is 0 Å². The first-order valence-electron chi connectivity index (χ1n) is 15.3. The van der Waals surface area contributed by atoms with Crippen molar-refractivity contribution in [1.82, 2.24) is 0 Å². The SMILES string of the molecule is C1=c2c(-c3cccc4ccccc34)c3ccccc3c(-c3cccc4oc5cc6c(cc5c34)oc3ccccc36)c2=CCC1. The van der Waals surface area contributed by atoms with E-state index in [0.29, 0.717) is 0 Å². The maximum Gasteiger partial charge on any atom is 0.136 e. The Bertz CT molecular complexity index is 2770. The molecule has 0 unspecified atom stereocenters. The van der Waals surface area contributed by atoms with Gasteiger partial charge >= 0.3 is 0 Å². The molecule has 0 radical (unpaired) electrons. The molecule has 0 fully saturated rings. The van der Waals surface area contributed by atoms with Gasteiger partial charge in [-0.3, -0.25) is 0 Å². The molecule has 10 rings (SSSR count). The van der Waals surface area contributed by atoms with Gasteiger partial charge < -0.3 is 8.83 Å². The summed E-state index contributed by atoms with van der Waals surface area (Å²) in [6, 6.07) is 43.4. The molecule has 0 bridgehead atoms. The molecule has 1 aliphatic rings. The van der Waals surface area contributed by atoms with Crippen LogP contribution in [0.3, 0.4) is 0 Å². The number of fused-ring (bicyclic) bond motifs is 9. The Morgan fingerprint density at radius 2 is 0.932 bits per heavy atom. The normalized spacial score (nSPS) is 13.2. The smallest absolute Gasteiger partial charge is 0.136 e. The van der Waals surface area contributed by atoms with Gasteiger partial charge in [0.25, 0.3) is 0 Å². The van der Waals surface area contributed by atoms with Crippen molar-refractivity contribution in [3.63, 3.8) is 0 Å². The molecule has 0 aliphatic heterocycles. The fraction of sp³-hybridized carbons (Fsp3) is 0.0476. The Morgan fingerprint density at radius 3 is 1.75 bits per heavy atom. The zero-order chi connectivity index (χ0) is 28.8. The fourth-order valence-corrected chi connectivity index (χ4v) is 7.63. The van der Waals surface area contributed by atoms with Gasteiger partial charge in [-0.15, -0.1) is 0 Å². The summed E-state index contributed by atoms with van der Waals surface area (Å²) in [6.45, 7) is 0. The summed E-state index contributed by atoms with van der Waals surface area (Å²) < 4.78 is 12.9. The molecule has 2 heteroatoms. The number of para-hydroxylation sites is 1. The topological polar surface area (TPSA) is 26.3 Å². The summed E-state index contributed by atoms with van der Waals surface area (Å²) in [5, 5.41) is 12.1. The van der Waals surface area contributed by atoms with Crippen LogP contribution >= 0.6 is 0 Å². The molecule has 0 atom stereocenters. The molecule has 0 amide bonds. The van der Waals surface area contributed by atoms with E-state index >= 15 is 0 Å². The average Bonchev–Trinajstić information content (AvgIpc) is 3.63. The molecule has 9 aromatic rings. The van der Waals surface area contributed by atoms with Crippen LogP contribution in [0.1, 0.15) is 12.8 Å². The molecule has 2 nitrogen and oxygen atoms in total. The lowest BCUT2D eigenvalue weighted by Gasteiger charge is -2.19. The summed E-state index contributed by atoms with van der Waals surface area (Å²) in [5.74, 6) is 0. The van der Waals surface area contributed by atoms with Gasteiger partial charge in [-0.2, -0.15) is 0 Å². The Labute approximate surface area is 252 Å². The summed E-state index contributed by atoms with van der Waals surface area (Å²) in [6.07, 6.45) is 6.96. The van der Waals surface area contributed by atoms with Crippen molar-refractivity contribution in [3.8, 4) is 22.3 Å². The molecular weight excluding hydrogens is 536 g/mol. The highest BCUT2D eigenvalue weighted by Crippen LogP contribution is 2.42. The Kier molecular flexibility index (Phi) is 4.86. The van der Waals surface area contributed by atoms with Crippen molar-refractivity contribution in [1.29, 1.82) is 0 Å². The molecule has 2 heterocycles. The van der Waals surface area contributed by atoms with Crippen molar-refractivity contribution >= 4 is 77.6 Å². The zero-order valence-corrected chi connectivity index (χ0v) is 23.9.